The van der Waals surface area contributed by atoms with E-state index in [1.807, 2.05) is 13.0 Å². The molecule has 2 N–H and O–H groups in total. The Hall–Kier alpha value is -1.30. The summed E-state index contributed by atoms with van der Waals surface area (Å²) in [5, 5.41) is 6.64. The lowest BCUT2D eigenvalue weighted by molar-refractivity contribution is -0.123. The van der Waals surface area contributed by atoms with E-state index in [1.165, 1.54) is 0 Å². The first-order valence-electron chi connectivity index (χ1n) is 7.05. The molecule has 0 heterocycles. The fraction of sp³-hybridized carbons (Fsp3) is 0.533. The Labute approximate surface area is 131 Å². The quantitative estimate of drug-likeness (QED) is 0.648. The largest absolute Gasteiger partial charge is 0.483 e. The van der Waals surface area contributed by atoms with Crippen molar-refractivity contribution in [1.29, 1.82) is 0 Å². The predicted octanol–water partition coefficient (Wildman–Crippen LogP) is 1.98. The van der Waals surface area contributed by atoms with Gasteiger partial charge in [-0.05, 0) is 31.2 Å². The maximum atomic E-state index is 11.7. The molecular weight excluding hydrogens is 292 g/mol. The lowest BCUT2D eigenvalue weighted by Gasteiger charge is -2.12. The van der Waals surface area contributed by atoms with E-state index in [0.29, 0.717) is 30.5 Å². The number of carbonyl (C=O) groups excluding carboxylic acids is 1. The van der Waals surface area contributed by atoms with Crippen LogP contribution in [0.15, 0.2) is 18.2 Å². The molecule has 0 aliphatic rings. The van der Waals surface area contributed by atoms with Crippen molar-refractivity contribution in [2.45, 2.75) is 19.9 Å². The van der Waals surface area contributed by atoms with Crippen LogP contribution in [0.3, 0.4) is 0 Å². The molecule has 0 aromatic heterocycles. The summed E-state index contributed by atoms with van der Waals surface area (Å²) >= 11 is 5.98. The Morgan fingerprint density at radius 2 is 2.19 bits per heavy atom. The molecule has 0 unspecified atom stereocenters. The van der Waals surface area contributed by atoms with Gasteiger partial charge < -0.3 is 20.1 Å². The molecule has 1 amide bonds. The molecule has 118 valence electrons. The second kappa shape index (κ2) is 10.4. The summed E-state index contributed by atoms with van der Waals surface area (Å²) in [7, 11) is 1.64. The number of methoxy groups -OCH3 is 1. The second-order valence-electron chi connectivity index (χ2n) is 4.52. The first kappa shape index (κ1) is 17.8. The molecule has 5 nitrogen and oxygen atoms in total. The van der Waals surface area contributed by atoms with E-state index in [4.69, 9.17) is 21.1 Å². The molecule has 1 aromatic rings. The van der Waals surface area contributed by atoms with Crippen molar-refractivity contribution in [3.63, 3.8) is 0 Å². The Morgan fingerprint density at radius 3 is 2.90 bits per heavy atom. The van der Waals surface area contributed by atoms with Gasteiger partial charge in [-0.25, -0.2) is 0 Å². The number of hydrogen-bond acceptors (Lipinski definition) is 4. The molecule has 1 aromatic carbocycles. The summed E-state index contributed by atoms with van der Waals surface area (Å²) in [6.07, 6.45) is 0.787. The Kier molecular flexibility index (Phi) is 8.82. The highest BCUT2D eigenvalue weighted by Crippen LogP contribution is 2.22. The molecule has 0 radical (unpaired) electrons. The van der Waals surface area contributed by atoms with Gasteiger partial charge >= 0.3 is 0 Å². The van der Waals surface area contributed by atoms with Crippen molar-refractivity contribution in [1.82, 2.24) is 10.6 Å². The van der Waals surface area contributed by atoms with E-state index < -0.39 is 0 Å². The molecular formula is C15H23ClN2O3. The monoisotopic (exact) mass is 314 g/mol. The van der Waals surface area contributed by atoms with E-state index in [1.54, 1.807) is 19.2 Å². The van der Waals surface area contributed by atoms with Crippen LogP contribution in [0.2, 0.25) is 5.02 Å². The zero-order chi connectivity index (χ0) is 15.5. The number of rotatable bonds is 10. The van der Waals surface area contributed by atoms with Gasteiger partial charge in [0.25, 0.3) is 5.91 Å². The third-order valence-electron chi connectivity index (χ3n) is 2.79. The van der Waals surface area contributed by atoms with Gasteiger partial charge in [-0.1, -0.05) is 18.5 Å². The summed E-state index contributed by atoms with van der Waals surface area (Å²) in [4.78, 5) is 11.7. The maximum Gasteiger partial charge on any atom is 0.257 e. The van der Waals surface area contributed by atoms with Crippen molar-refractivity contribution in [2.24, 2.45) is 0 Å². The number of hydrogen-bond donors (Lipinski definition) is 2. The molecule has 0 fully saturated rings. The van der Waals surface area contributed by atoms with Gasteiger partial charge in [0.1, 0.15) is 5.75 Å². The van der Waals surface area contributed by atoms with E-state index in [9.17, 15) is 4.79 Å². The van der Waals surface area contributed by atoms with Gasteiger partial charge in [-0.2, -0.15) is 0 Å². The van der Waals surface area contributed by atoms with Crippen molar-refractivity contribution >= 4 is 17.5 Å². The number of nitrogens with one attached hydrogen (secondary N) is 2. The summed E-state index contributed by atoms with van der Waals surface area (Å²) < 4.78 is 10.5. The average Bonchev–Trinajstić information content (AvgIpc) is 2.48. The molecule has 6 heteroatoms. The van der Waals surface area contributed by atoms with Gasteiger partial charge in [0.15, 0.2) is 6.61 Å². The lowest BCUT2D eigenvalue weighted by atomic mass is 10.2. The Morgan fingerprint density at radius 1 is 1.38 bits per heavy atom. The van der Waals surface area contributed by atoms with E-state index >= 15 is 0 Å². The summed E-state index contributed by atoms with van der Waals surface area (Å²) in [5.74, 6) is 0.530. The number of halogens is 1. The molecule has 0 saturated heterocycles. The molecule has 21 heavy (non-hydrogen) atoms. The van der Waals surface area contributed by atoms with Crippen LogP contribution in [0, 0.1) is 0 Å². The van der Waals surface area contributed by atoms with Crippen LogP contribution in [-0.4, -0.2) is 39.3 Å². The molecule has 0 aliphatic heterocycles. The third kappa shape index (κ3) is 7.32. The zero-order valence-corrected chi connectivity index (χ0v) is 13.3. The topological polar surface area (TPSA) is 59.6 Å². The number of ether oxygens (including phenoxy) is 2. The standard InChI is InChI=1S/C15H23ClN2O3/c1-3-17-10-12-9-13(16)5-6-14(12)21-11-15(19)18-7-4-8-20-2/h5-6,9,17H,3-4,7-8,10-11H2,1-2H3,(H,18,19). The van der Waals surface area contributed by atoms with E-state index in [2.05, 4.69) is 10.6 Å². The highest BCUT2D eigenvalue weighted by molar-refractivity contribution is 6.30. The highest BCUT2D eigenvalue weighted by Gasteiger charge is 2.07. The molecule has 0 spiro atoms. The fourth-order valence-electron chi connectivity index (χ4n) is 1.73. The number of amides is 1. The van der Waals surface area contributed by atoms with Crippen molar-refractivity contribution in [3.05, 3.63) is 28.8 Å². The van der Waals surface area contributed by atoms with Crippen LogP contribution >= 0.6 is 11.6 Å². The third-order valence-corrected chi connectivity index (χ3v) is 3.03. The summed E-state index contributed by atoms with van der Waals surface area (Å²) in [5.41, 5.74) is 0.941. The molecule has 0 aliphatic carbocycles. The van der Waals surface area contributed by atoms with Crippen molar-refractivity contribution < 1.29 is 14.3 Å². The lowest BCUT2D eigenvalue weighted by Crippen LogP contribution is -2.30. The fourth-order valence-corrected chi connectivity index (χ4v) is 1.92. The maximum absolute atomic E-state index is 11.7. The first-order chi connectivity index (χ1) is 10.2. The Balaban J connectivity index is 2.44. The van der Waals surface area contributed by atoms with Gasteiger partial charge in [0.2, 0.25) is 0 Å². The van der Waals surface area contributed by atoms with Crippen LogP contribution in [0.1, 0.15) is 18.9 Å². The average molecular weight is 315 g/mol. The molecule has 1 rings (SSSR count). The minimum absolute atomic E-state index is 0.00621. The Bertz CT molecular complexity index is 441. The summed E-state index contributed by atoms with van der Waals surface area (Å²) in [6.45, 7) is 4.74. The van der Waals surface area contributed by atoms with Crippen LogP contribution in [0.5, 0.6) is 5.75 Å². The molecule has 0 saturated carbocycles. The first-order valence-corrected chi connectivity index (χ1v) is 7.42. The smallest absolute Gasteiger partial charge is 0.257 e. The van der Waals surface area contributed by atoms with Gasteiger partial charge in [0, 0.05) is 37.4 Å². The molecule has 0 bridgehead atoms. The minimum Gasteiger partial charge on any atom is -0.483 e. The minimum atomic E-state index is -0.143. The number of benzene rings is 1. The van der Waals surface area contributed by atoms with Gasteiger partial charge in [0.05, 0.1) is 0 Å². The van der Waals surface area contributed by atoms with Gasteiger partial charge in [-0.15, -0.1) is 0 Å². The van der Waals surface area contributed by atoms with Crippen LogP contribution < -0.4 is 15.4 Å². The SMILES string of the molecule is CCNCc1cc(Cl)ccc1OCC(=O)NCCCOC. The number of carbonyl (C=O) groups is 1. The zero-order valence-electron chi connectivity index (χ0n) is 12.6. The van der Waals surface area contributed by atoms with Crippen LogP contribution in [0.4, 0.5) is 0 Å². The normalized spacial score (nSPS) is 10.4. The van der Waals surface area contributed by atoms with Gasteiger partial charge in [-0.3, -0.25) is 4.79 Å². The summed E-state index contributed by atoms with van der Waals surface area (Å²) in [6, 6.07) is 5.38. The second-order valence-corrected chi connectivity index (χ2v) is 4.95. The molecule has 0 atom stereocenters. The van der Waals surface area contributed by atoms with Crippen molar-refractivity contribution in [3.8, 4) is 5.75 Å². The van der Waals surface area contributed by atoms with Crippen molar-refractivity contribution in [2.75, 3.05) is 33.4 Å². The van der Waals surface area contributed by atoms with Crippen LogP contribution in [-0.2, 0) is 16.1 Å². The predicted molar refractivity (Wildman–Crippen MR) is 83.8 cm³/mol. The van der Waals surface area contributed by atoms with E-state index in [0.717, 1.165) is 18.5 Å². The highest BCUT2D eigenvalue weighted by atomic mass is 35.5. The van der Waals surface area contributed by atoms with Crippen LogP contribution in [0.25, 0.3) is 0 Å². The van der Waals surface area contributed by atoms with E-state index in [-0.39, 0.29) is 12.5 Å².